The van der Waals surface area contributed by atoms with E-state index in [2.05, 4.69) is 29.3 Å². The van der Waals surface area contributed by atoms with Gasteiger partial charge in [0.2, 0.25) is 0 Å². The van der Waals surface area contributed by atoms with Gasteiger partial charge in [-0.2, -0.15) is 5.10 Å². The summed E-state index contributed by atoms with van der Waals surface area (Å²) in [5.41, 5.74) is 3.30. The highest BCUT2D eigenvalue weighted by molar-refractivity contribution is 6.00. The molecule has 1 fully saturated rings. The highest BCUT2D eigenvalue weighted by Crippen LogP contribution is 2.26. The van der Waals surface area contributed by atoms with Gasteiger partial charge in [0.05, 0.1) is 19.2 Å². The summed E-state index contributed by atoms with van der Waals surface area (Å²) in [6.07, 6.45) is 5.00. The number of rotatable bonds is 8. The number of ether oxygens (including phenoxy) is 1. The summed E-state index contributed by atoms with van der Waals surface area (Å²) in [6, 6.07) is 18.1. The molecule has 1 amide bonds. The molecule has 1 N–H and O–H groups in total. The Morgan fingerprint density at radius 3 is 2.62 bits per heavy atom. The quantitative estimate of drug-likeness (QED) is 0.579. The SMILES string of the molecule is CCCN1CCC(NC(=O)c2cn(Cc3ccccc3)nc2-c2cccc(OC)c2)CC1. The molecule has 0 atom stereocenters. The van der Waals surface area contributed by atoms with E-state index in [1.54, 1.807) is 7.11 Å². The number of likely N-dealkylation sites (tertiary alicyclic amines) is 1. The number of nitrogens with zero attached hydrogens (tertiary/aromatic N) is 3. The van der Waals surface area contributed by atoms with Crippen molar-refractivity contribution >= 4 is 5.91 Å². The van der Waals surface area contributed by atoms with Crippen molar-refractivity contribution in [3.63, 3.8) is 0 Å². The smallest absolute Gasteiger partial charge is 0.255 e. The molecule has 4 rings (SSSR count). The van der Waals surface area contributed by atoms with Crippen LogP contribution in [0.5, 0.6) is 5.75 Å². The Hall–Kier alpha value is -3.12. The molecular weight excluding hydrogens is 400 g/mol. The van der Waals surface area contributed by atoms with Crippen LogP contribution in [-0.2, 0) is 6.54 Å². The van der Waals surface area contributed by atoms with E-state index in [0.717, 1.165) is 49.4 Å². The number of hydrogen-bond acceptors (Lipinski definition) is 4. The third-order valence-corrected chi connectivity index (χ3v) is 6.00. The first-order chi connectivity index (χ1) is 15.7. The zero-order valence-electron chi connectivity index (χ0n) is 19.0. The average molecular weight is 433 g/mol. The fourth-order valence-corrected chi connectivity index (χ4v) is 4.30. The molecule has 32 heavy (non-hydrogen) atoms. The lowest BCUT2D eigenvalue weighted by atomic mass is 10.0. The van der Waals surface area contributed by atoms with E-state index in [-0.39, 0.29) is 11.9 Å². The standard InChI is InChI=1S/C26H32N4O2/c1-3-14-29-15-12-22(13-16-29)27-26(31)24-19-30(18-20-8-5-4-6-9-20)28-25(24)21-10-7-11-23(17-21)32-2/h4-11,17,19,22H,3,12-16,18H2,1-2H3,(H,27,31). The second-order valence-electron chi connectivity index (χ2n) is 8.40. The topological polar surface area (TPSA) is 59.4 Å². The predicted molar refractivity (Wildman–Crippen MR) is 127 cm³/mol. The molecule has 0 aliphatic carbocycles. The van der Waals surface area contributed by atoms with Crippen LogP contribution in [0.3, 0.4) is 0 Å². The number of carbonyl (C=O) groups excluding carboxylic acids is 1. The van der Waals surface area contributed by atoms with E-state index in [0.29, 0.717) is 17.8 Å². The molecular formula is C26H32N4O2. The molecule has 1 aromatic heterocycles. The summed E-state index contributed by atoms with van der Waals surface area (Å²) in [5.74, 6) is 0.686. The Bertz CT molecular complexity index is 1020. The first kappa shape index (κ1) is 22.1. The predicted octanol–water partition coefficient (Wildman–Crippen LogP) is 4.21. The minimum atomic E-state index is -0.0592. The van der Waals surface area contributed by atoms with Gasteiger partial charge >= 0.3 is 0 Å². The first-order valence-corrected chi connectivity index (χ1v) is 11.4. The van der Waals surface area contributed by atoms with Gasteiger partial charge in [-0.05, 0) is 43.5 Å². The molecule has 1 saturated heterocycles. The van der Waals surface area contributed by atoms with Gasteiger partial charge in [-0.3, -0.25) is 9.48 Å². The Balaban J connectivity index is 1.57. The molecule has 6 heteroatoms. The second-order valence-corrected chi connectivity index (χ2v) is 8.40. The van der Waals surface area contributed by atoms with Crippen molar-refractivity contribution in [1.29, 1.82) is 0 Å². The number of hydrogen-bond donors (Lipinski definition) is 1. The van der Waals surface area contributed by atoms with Crippen LogP contribution in [0.2, 0.25) is 0 Å². The van der Waals surface area contributed by atoms with Crippen LogP contribution < -0.4 is 10.1 Å². The van der Waals surface area contributed by atoms with E-state index in [1.165, 1.54) is 6.42 Å². The van der Waals surface area contributed by atoms with Crippen molar-refractivity contribution in [3.8, 4) is 17.0 Å². The number of carbonyl (C=O) groups is 1. The van der Waals surface area contributed by atoms with Gasteiger partial charge in [0.25, 0.3) is 5.91 Å². The van der Waals surface area contributed by atoms with Gasteiger partial charge in [-0.25, -0.2) is 0 Å². The summed E-state index contributed by atoms with van der Waals surface area (Å²) < 4.78 is 7.24. The zero-order valence-corrected chi connectivity index (χ0v) is 19.0. The summed E-state index contributed by atoms with van der Waals surface area (Å²) in [6.45, 7) is 6.03. The minimum absolute atomic E-state index is 0.0592. The van der Waals surface area contributed by atoms with Crippen LogP contribution in [0.1, 0.15) is 42.1 Å². The molecule has 2 heterocycles. The van der Waals surface area contributed by atoms with Crippen molar-refractivity contribution in [3.05, 3.63) is 71.9 Å². The van der Waals surface area contributed by atoms with E-state index in [4.69, 9.17) is 9.84 Å². The maximum absolute atomic E-state index is 13.3. The average Bonchev–Trinajstić information content (AvgIpc) is 3.25. The van der Waals surface area contributed by atoms with Gasteiger partial charge in [0, 0.05) is 30.9 Å². The number of benzene rings is 2. The fraction of sp³-hybridized carbons (Fsp3) is 0.385. The Labute approximate surface area is 190 Å². The lowest BCUT2D eigenvalue weighted by Crippen LogP contribution is -2.44. The van der Waals surface area contributed by atoms with Crippen LogP contribution in [0.25, 0.3) is 11.3 Å². The molecule has 2 aromatic carbocycles. The van der Waals surface area contributed by atoms with E-state index in [1.807, 2.05) is 53.3 Å². The van der Waals surface area contributed by atoms with Gasteiger partial charge in [-0.1, -0.05) is 49.4 Å². The van der Waals surface area contributed by atoms with Crippen LogP contribution >= 0.6 is 0 Å². The normalized spacial score (nSPS) is 14.9. The molecule has 6 nitrogen and oxygen atoms in total. The maximum atomic E-state index is 13.3. The monoisotopic (exact) mass is 432 g/mol. The number of amides is 1. The maximum Gasteiger partial charge on any atom is 0.255 e. The molecule has 0 unspecified atom stereocenters. The van der Waals surface area contributed by atoms with Crippen molar-refractivity contribution in [2.75, 3.05) is 26.7 Å². The van der Waals surface area contributed by atoms with Gasteiger partial charge in [0.15, 0.2) is 0 Å². The van der Waals surface area contributed by atoms with Gasteiger partial charge < -0.3 is 15.0 Å². The zero-order chi connectivity index (χ0) is 22.3. The summed E-state index contributed by atoms with van der Waals surface area (Å²) >= 11 is 0. The van der Waals surface area contributed by atoms with Crippen molar-refractivity contribution in [2.24, 2.45) is 0 Å². The fourth-order valence-electron chi connectivity index (χ4n) is 4.30. The molecule has 0 radical (unpaired) electrons. The van der Waals surface area contributed by atoms with E-state index >= 15 is 0 Å². The molecule has 0 saturated carbocycles. The minimum Gasteiger partial charge on any atom is -0.497 e. The molecule has 3 aromatic rings. The lowest BCUT2D eigenvalue weighted by Gasteiger charge is -2.32. The third kappa shape index (κ3) is 5.37. The summed E-state index contributed by atoms with van der Waals surface area (Å²) in [7, 11) is 1.64. The second kappa shape index (κ2) is 10.5. The third-order valence-electron chi connectivity index (χ3n) is 6.00. The van der Waals surface area contributed by atoms with Crippen LogP contribution in [-0.4, -0.2) is 53.4 Å². The number of aromatic nitrogens is 2. The van der Waals surface area contributed by atoms with Gasteiger partial charge in [-0.15, -0.1) is 0 Å². The molecule has 1 aliphatic heterocycles. The van der Waals surface area contributed by atoms with E-state index in [9.17, 15) is 4.79 Å². The summed E-state index contributed by atoms with van der Waals surface area (Å²) in [4.78, 5) is 15.8. The largest absolute Gasteiger partial charge is 0.497 e. The highest BCUT2D eigenvalue weighted by atomic mass is 16.5. The highest BCUT2D eigenvalue weighted by Gasteiger charge is 2.24. The van der Waals surface area contributed by atoms with Crippen LogP contribution in [0.15, 0.2) is 60.8 Å². The lowest BCUT2D eigenvalue weighted by molar-refractivity contribution is 0.0911. The van der Waals surface area contributed by atoms with Gasteiger partial charge in [0.1, 0.15) is 11.4 Å². The van der Waals surface area contributed by atoms with Crippen LogP contribution in [0, 0.1) is 0 Å². The van der Waals surface area contributed by atoms with Crippen molar-refractivity contribution < 1.29 is 9.53 Å². The van der Waals surface area contributed by atoms with Crippen molar-refractivity contribution in [1.82, 2.24) is 20.0 Å². The summed E-state index contributed by atoms with van der Waals surface area (Å²) in [5, 5.41) is 8.06. The molecule has 168 valence electrons. The molecule has 1 aliphatic rings. The van der Waals surface area contributed by atoms with Crippen LogP contribution in [0.4, 0.5) is 0 Å². The molecule has 0 spiro atoms. The molecule has 0 bridgehead atoms. The Kier molecular flexibility index (Phi) is 7.22. The number of methoxy groups -OCH3 is 1. The number of piperidine rings is 1. The first-order valence-electron chi connectivity index (χ1n) is 11.4. The Morgan fingerprint density at radius 2 is 1.91 bits per heavy atom. The van der Waals surface area contributed by atoms with E-state index < -0.39 is 0 Å². The Morgan fingerprint density at radius 1 is 1.12 bits per heavy atom. The number of nitrogens with one attached hydrogen (secondary N) is 1. The van der Waals surface area contributed by atoms with Crippen molar-refractivity contribution in [2.45, 2.75) is 38.8 Å².